The minimum absolute atomic E-state index is 0.266. The van der Waals surface area contributed by atoms with Crippen molar-refractivity contribution in [3.63, 3.8) is 0 Å². The molecule has 11 heteroatoms. The summed E-state index contributed by atoms with van der Waals surface area (Å²) in [6.07, 6.45) is -3.39. The number of carbonyl (C=O) groups excluding carboxylic acids is 3. The number of aliphatic hydroxyl groups excluding tert-OH is 1. The summed E-state index contributed by atoms with van der Waals surface area (Å²) >= 11 is 0. The van der Waals surface area contributed by atoms with Crippen LogP contribution in [0.4, 0.5) is 10.5 Å². The van der Waals surface area contributed by atoms with Gasteiger partial charge in [0, 0.05) is 12.8 Å². The molecule has 2 N–H and O–H groups in total. The van der Waals surface area contributed by atoms with Gasteiger partial charge in [-0.3, -0.25) is 14.9 Å². The molecule has 3 aromatic carbocycles. The lowest BCUT2D eigenvalue weighted by molar-refractivity contribution is -0.300. The number of nitrogens with zero attached hydrogens (tertiary/aromatic N) is 1. The summed E-state index contributed by atoms with van der Waals surface area (Å²) in [5, 5.41) is 22.0. The van der Waals surface area contributed by atoms with E-state index in [-0.39, 0.29) is 12.8 Å². The van der Waals surface area contributed by atoms with Crippen molar-refractivity contribution in [1.82, 2.24) is 0 Å². The molecule has 0 unspecified atom stereocenters. The van der Waals surface area contributed by atoms with Crippen LogP contribution in [-0.2, 0) is 46.1 Å². The Morgan fingerprint density at radius 2 is 1.34 bits per heavy atom. The minimum Gasteiger partial charge on any atom is -0.454 e. The molecule has 1 saturated heterocycles. The highest BCUT2D eigenvalue weighted by Gasteiger charge is 2.53. The maximum Gasteiger partial charge on any atom is 0.412 e. The van der Waals surface area contributed by atoms with Crippen molar-refractivity contribution in [3.05, 3.63) is 127 Å². The lowest BCUT2D eigenvalue weighted by Gasteiger charge is -2.44. The number of hydrogen-bond acceptors (Lipinski definition) is 10. The van der Waals surface area contributed by atoms with E-state index in [1.54, 1.807) is 12.2 Å². The van der Waals surface area contributed by atoms with Gasteiger partial charge in [-0.15, -0.1) is 13.2 Å². The summed E-state index contributed by atoms with van der Waals surface area (Å²) in [6, 6.07) is 26.8. The van der Waals surface area contributed by atoms with Gasteiger partial charge in [0.25, 0.3) is 0 Å². The van der Waals surface area contributed by atoms with Crippen LogP contribution in [0.25, 0.3) is 0 Å². The second-order valence-electron chi connectivity index (χ2n) is 11.8. The first-order valence-corrected chi connectivity index (χ1v) is 16.3. The van der Waals surface area contributed by atoms with Gasteiger partial charge >= 0.3 is 18.0 Å². The summed E-state index contributed by atoms with van der Waals surface area (Å²) in [7, 11) is 1.32. The number of rotatable bonds is 16. The standard InChI is InChI=1S/C39H42N2O9/c1-4-12-29(22-26-14-8-6-9-15-26)36(43)48-34-33(50-39(45)41-31-20-18-28(24-40)19-21-31)32(25-42)47-38(46-3)35(34)49-37(44)30(13-5-2)23-27-16-10-7-11-17-27/h4-11,14-21,29-30,32-35,38,42H,1-2,12-13,22-23,25H2,3H3,(H,41,45)/t29-,30-,32-,33-,34+,35+,38+/m1/s1. The molecule has 0 radical (unpaired) electrons. The van der Waals surface area contributed by atoms with Crippen molar-refractivity contribution >= 4 is 23.7 Å². The number of amides is 1. The van der Waals surface area contributed by atoms with E-state index in [0.29, 0.717) is 24.1 Å². The van der Waals surface area contributed by atoms with E-state index < -0.39 is 67.2 Å². The first-order chi connectivity index (χ1) is 24.3. The number of allylic oxidation sites excluding steroid dienone is 2. The monoisotopic (exact) mass is 682 g/mol. The highest BCUT2D eigenvalue weighted by Crippen LogP contribution is 2.32. The largest absolute Gasteiger partial charge is 0.454 e. The van der Waals surface area contributed by atoms with E-state index in [4.69, 9.17) is 28.9 Å². The van der Waals surface area contributed by atoms with Gasteiger partial charge in [-0.25, -0.2) is 4.79 Å². The van der Waals surface area contributed by atoms with Gasteiger partial charge in [-0.1, -0.05) is 72.8 Å². The van der Waals surface area contributed by atoms with E-state index >= 15 is 0 Å². The number of carbonyl (C=O) groups is 3. The second kappa shape index (κ2) is 19.0. The number of aliphatic hydroxyl groups is 1. The fourth-order valence-electron chi connectivity index (χ4n) is 5.70. The van der Waals surface area contributed by atoms with E-state index in [0.717, 1.165) is 11.1 Å². The quantitative estimate of drug-likeness (QED) is 0.112. The molecule has 11 nitrogen and oxygen atoms in total. The van der Waals surface area contributed by atoms with Crippen LogP contribution in [-0.4, -0.2) is 67.6 Å². The minimum atomic E-state index is -1.46. The Bertz CT molecular complexity index is 1610. The molecule has 1 fully saturated rings. The van der Waals surface area contributed by atoms with Crippen molar-refractivity contribution < 1.29 is 43.2 Å². The molecule has 7 atom stereocenters. The van der Waals surface area contributed by atoms with Gasteiger partial charge in [0.2, 0.25) is 0 Å². The molecule has 3 aromatic rings. The Morgan fingerprint density at radius 1 is 0.820 bits per heavy atom. The Hall–Kier alpha value is -5.28. The molecular weight excluding hydrogens is 640 g/mol. The molecule has 0 aromatic heterocycles. The molecule has 1 aliphatic rings. The molecule has 50 heavy (non-hydrogen) atoms. The summed E-state index contributed by atoms with van der Waals surface area (Å²) < 4.78 is 29.4. The number of nitriles is 1. The van der Waals surface area contributed by atoms with Crippen molar-refractivity contribution in [2.75, 3.05) is 19.0 Å². The third kappa shape index (κ3) is 10.4. The van der Waals surface area contributed by atoms with E-state index in [9.17, 15) is 19.5 Å². The van der Waals surface area contributed by atoms with Gasteiger partial charge in [0.1, 0.15) is 6.10 Å². The molecule has 1 aliphatic heterocycles. The number of nitrogens with one attached hydrogen (secondary N) is 1. The fourth-order valence-corrected chi connectivity index (χ4v) is 5.70. The Balaban J connectivity index is 1.67. The lowest BCUT2D eigenvalue weighted by atomic mass is 9.94. The van der Waals surface area contributed by atoms with E-state index in [1.165, 1.54) is 31.4 Å². The van der Waals surface area contributed by atoms with Crippen LogP contribution in [0.1, 0.15) is 29.5 Å². The van der Waals surface area contributed by atoms with Crippen LogP contribution in [0.2, 0.25) is 0 Å². The number of anilines is 1. The summed E-state index contributed by atoms with van der Waals surface area (Å²) in [6.45, 7) is 6.94. The van der Waals surface area contributed by atoms with E-state index in [1.807, 2.05) is 66.7 Å². The Kier molecular flexibility index (Phi) is 14.3. The average Bonchev–Trinajstić information content (AvgIpc) is 3.13. The van der Waals surface area contributed by atoms with Crippen molar-refractivity contribution in [2.45, 2.75) is 56.4 Å². The van der Waals surface area contributed by atoms with Gasteiger partial charge in [0.05, 0.1) is 30.1 Å². The van der Waals surface area contributed by atoms with Gasteiger partial charge in [-0.2, -0.15) is 5.26 Å². The predicted octanol–water partition coefficient (Wildman–Crippen LogP) is 5.53. The Labute approximate surface area is 292 Å². The van der Waals surface area contributed by atoms with Crippen LogP contribution in [0, 0.1) is 23.2 Å². The predicted molar refractivity (Wildman–Crippen MR) is 184 cm³/mol. The molecule has 0 bridgehead atoms. The normalized spacial score (nSPS) is 21.0. The summed E-state index contributed by atoms with van der Waals surface area (Å²) in [4.78, 5) is 41.0. The van der Waals surface area contributed by atoms with Gasteiger partial charge in [0.15, 0.2) is 24.6 Å². The molecular formula is C39H42N2O9. The van der Waals surface area contributed by atoms with Crippen LogP contribution in [0.3, 0.4) is 0 Å². The number of hydrogen-bond donors (Lipinski definition) is 2. The fraction of sp³-hybridized carbons (Fsp3) is 0.333. The molecule has 4 rings (SSSR count). The van der Waals surface area contributed by atoms with Gasteiger partial charge < -0.3 is 28.8 Å². The van der Waals surface area contributed by atoms with Crippen molar-refractivity contribution in [3.8, 4) is 6.07 Å². The van der Waals surface area contributed by atoms with Crippen LogP contribution in [0.15, 0.2) is 110 Å². The zero-order valence-electron chi connectivity index (χ0n) is 27.9. The topological polar surface area (TPSA) is 153 Å². The lowest BCUT2D eigenvalue weighted by Crippen LogP contribution is -2.63. The number of ether oxygens (including phenoxy) is 5. The maximum atomic E-state index is 13.9. The SMILES string of the molecule is C=CC[C@H](Cc1ccccc1)C(=O)O[C@@H]1[C@H](OC(=O)[C@H](CC=C)Cc2ccccc2)[C@@H](OC)O[C@H](CO)[C@H]1OC(=O)Nc1ccc(C#N)cc1. The molecule has 1 amide bonds. The third-order valence-electron chi connectivity index (χ3n) is 8.23. The zero-order valence-corrected chi connectivity index (χ0v) is 27.9. The highest BCUT2D eigenvalue weighted by atomic mass is 16.7. The third-order valence-corrected chi connectivity index (χ3v) is 8.23. The van der Waals surface area contributed by atoms with Crippen LogP contribution < -0.4 is 5.32 Å². The average molecular weight is 683 g/mol. The second-order valence-corrected chi connectivity index (χ2v) is 11.8. The highest BCUT2D eigenvalue weighted by molar-refractivity contribution is 5.85. The number of esters is 2. The van der Waals surface area contributed by atoms with Crippen LogP contribution in [0.5, 0.6) is 0 Å². The molecule has 1 heterocycles. The zero-order chi connectivity index (χ0) is 35.9. The van der Waals surface area contributed by atoms with Crippen LogP contribution >= 0.6 is 0 Å². The van der Waals surface area contributed by atoms with E-state index in [2.05, 4.69) is 18.5 Å². The number of methoxy groups -OCH3 is 1. The summed E-state index contributed by atoms with van der Waals surface area (Å²) in [5.41, 5.74) is 2.49. The molecule has 0 aliphatic carbocycles. The maximum absolute atomic E-state index is 13.9. The van der Waals surface area contributed by atoms with Gasteiger partial charge in [-0.05, 0) is 61.1 Å². The number of benzene rings is 3. The van der Waals surface area contributed by atoms with Crippen molar-refractivity contribution in [2.24, 2.45) is 11.8 Å². The first-order valence-electron chi connectivity index (χ1n) is 16.3. The molecule has 0 spiro atoms. The molecule has 0 saturated carbocycles. The smallest absolute Gasteiger partial charge is 0.412 e. The first kappa shape index (κ1) is 37.5. The van der Waals surface area contributed by atoms with Crippen molar-refractivity contribution in [1.29, 1.82) is 5.26 Å². The summed E-state index contributed by atoms with van der Waals surface area (Å²) in [5.74, 6) is -2.66. The molecule has 262 valence electrons. The Morgan fingerprint density at radius 3 is 1.80 bits per heavy atom.